The highest BCUT2D eigenvalue weighted by atomic mass is 35.5. The lowest BCUT2D eigenvalue weighted by atomic mass is 10.2. The van der Waals surface area contributed by atoms with E-state index in [1.165, 1.54) is 0 Å². The molecule has 0 saturated carbocycles. The van der Waals surface area contributed by atoms with E-state index >= 15 is 0 Å². The molecule has 0 aliphatic carbocycles. The predicted octanol–water partition coefficient (Wildman–Crippen LogP) is 4.47. The Morgan fingerprint density at radius 2 is 1.96 bits per heavy atom. The molecule has 2 heterocycles. The molecular formula is C17H14ClN3OS. The zero-order valence-electron chi connectivity index (χ0n) is 12.1. The summed E-state index contributed by atoms with van der Waals surface area (Å²) in [5, 5.41) is 8.69. The summed E-state index contributed by atoms with van der Waals surface area (Å²) < 4.78 is 0. The van der Waals surface area contributed by atoms with E-state index in [-0.39, 0.29) is 5.91 Å². The van der Waals surface area contributed by atoms with Crippen LogP contribution in [-0.2, 0) is 6.54 Å². The molecule has 2 aromatic heterocycles. The van der Waals surface area contributed by atoms with Crippen molar-refractivity contribution in [2.75, 3.05) is 5.32 Å². The lowest BCUT2D eigenvalue weighted by molar-refractivity contribution is 0.0951. The molecule has 1 aromatic carbocycles. The molecular weight excluding hydrogens is 330 g/mol. The molecule has 3 rings (SSSR count). The van der Waals surface area contributed by atoms with Gasteiger partial charge in [-0.05, 0) is 47.8 Å². The molecule has 0 aliphatic rings. The predicted molar refractivity (Wildman–Crippen MR) is 94.5 cm³/mol. The molecule has 2 N–H and O–H groups in total. The minimum absolute atomic E-state index is 0.135. The van der Waals surface area contributed by atoms with Gasteiger partial charge in [0.2, 0.25) is 0 Å². The van der Waals surface area contributed by atoms with Gasteiger partial charge in [-0.3, -0.25) is 4.79 Å². The van der Waals surface area contributed by atoms with Crippen LogP contribution in [0.3, 0.4) is 0 Å². The third-order valence-electron chi connectivity index (χ3n) is 3.15. The summed E-state index contributed by atoms with van der Waals surface area (Å²) in [7, 11) is 0. The van der Waals surface area contributed by atoms with Gasteiger partial charge in [0.15, 0.2) is 0 Å². The molecule has 3 aromatic rings. The quantitative estimate of drug-likeness (QED) is 0.718. The van der Waals surface area contributed by atoms with Crippen molar-refractivity contribution in [3.63, 3.8) is 0 Å². The molecule has 0 saturated heterocycles. The first-order valence-corrected chi connectivity index (χ1v) is 8.26. The zero-order valence-corrected chi connectivity index (χ0v) is 13.7. The minimum atomic E-state index is -0.135. The fraction of sp³-hybridized carbons (Fsp3) is 0.0588. The fourth-order valence-corrected chi connectivity index (χ4v) is 2.74. The molecule has 116 valence electrons. The number of carbonyl (C=O) groups is 1. The van der Waals surface area contributed by atoms with Gasteiger partial charge in [0.25, 0.3) is 5.91 Å². The van der Waals surface area contributed by atoms with Crippen molar-refractivity contribution in [1.82, 2.24) is 10.3 Å². The van der Waals surface area contributed by atoms with Crippen LogP contribution < -0.4 is 10.6 Å². The van der Waals surface area contributed by atoms with Crippen molar-refractivity contribution in [3.05, 3.63) is 75.6 Å². The summed E-state index contributed by atoms with van der Waals surface area (Å²) in [6.07, 6.45) is 1.56. The van der Waals surface area contributed by atoms with E-state index in [1.54, 1.807) is 41.8 Å². The Morgan fingerprint density at radius 3 is 2.61 bits per heavy atom. The van der Waals surface area contributed by atoms with Gasteiger partial charge < -0.3 is 10.6 Å². The lowest BCUT2D eigenvalue weighted by Gasteiger charge is -2.07. The molecule has 0 radical (unpaired) electrons. The summed E-state index contributed by atoms with van der Waals surface area (Å²) in [5.74, 6) is 0.533. The van der Waals surface area contributed by atoms with Gasteiger partial charge in [0.05, 0.1) is 12.1 Å². The van der Waals surface area contributed by atoms with Gasteiger partial charge in [-0.25, -0.2) is 4.98 Å². The maximum Gasteiger partial charge on any atom is 0.253 e. The van der Waals surface area contributed by atoms with Crippen molar-refractivity contribution in [1.29, 1.82) is 0 Å². The maximum atomic E-state index is 12.1. The summed E-state index contributed by atoms with van der Waals surface area (Å²) >= 11 is 7.46. The Labute approximate surface area is 143 Å². The van der Waals surface area contributed by atoms with E-state index < -0.39 is 0 Å². The van der Waals surface area contributed by atoms with Crippen molar-refractivity contribution in [3.8, 4) is 0 Å². The van der Waals surface area contributed by atoms with E-state index in [4.69, 9.17) is 11.6 Å². The van der Waals surface area contributed by atoms with Gasteiger partial charge in [0, 0.05) is 21.8 Å². The normalized spacial score (nSPS) is 10.3. The number of carbonyl (C=O) groups excluding carboxylic acids is 1. The number of anilines is 2. The van der Waals surface area contributed by atoms with Crippen molar-refractivity contribution in [2.45, 2.75) is 6.54 Å². The monoisotopic (exact) mass is 343 g/mol. The number of pyridine rings is 1. The average Bonchev–Trinajstić information content (AvgIpc) is 3.09. The summed E-state index contributed by atoms with van der Waals surface area (Å²) in [6.45, 7) is 0.529. The Kier molecular flexibility index (Phi) is 4.90. The fourth-order valence-electron chi connectivity index (χ4n) is 1.97. The number of nitrogens with zero attached hydrogens (tertiary/aromatic N) is 1. The molecule has 0 bridgehead atoms. The maximum absolute atomic E-state index is 12.1. The van der Waals surface area contributed by atoms with Gasteiger partial charge in [-0.2, -0.15) is 0 Å². The first-order chi connectivity index (χ1) is 11.2. The highest BCUT2D eigenvalue weighted by molar-refractivity contribution is 7.09. The highest BCUT2D eigenvalue weighted by Crippen LogP contribution is 2.17. The standard InChI is InChI=1S/C17H14ClN3OS/c18-13-4-6-14(7-5-13)21-16-8-3-12(10-19-16)17(22)20-11-15-2-1-9-23-15/h1-10H,11H2,(H,19,21)(H,20,22). The molecule has 0 atom stereocenters. The Morgan fingerprint density at radius 1 is 1.13 bits per heavy atom. The summed E-state index contributed by atoms with van der Waals surface area (Å²) in [6, 6.07) is 14.8. The van der Waals surface area contributed by atoms with Crippen molar-refractivity contribution in [2.24, 2.45) is 0 Å². The summed E-state index contributed by atoms with van der Waals surface area (Å²) in [4.78, 5) is 17.4. The van der Waals surface area contributed by atoms with Crippen LogP contribution in [-0.4, -0.2) is 10.9 Å². The second kappa shape index (κ2) is 7.26. The van der Waals surface area contributed by atoms with Crippen LogP contribution in [0.25, 0.3) is 0 Å². The molecule has 4 nitrogen and oxygen atoms in total. The molecule has 0 unspecified atom stereocenters. The SMILES string of the molecule is O=C(NCc1cccs1)c1ccc(Nc2ccc(Cl)cc2)nc1. The van der Waals surface area contributed by atoms with Crippen LogP contribution in [0, 0.1) is 0 Å². The number of amides is 1. The van der Waals surface area contributed by atoms with Crippen molar-refractivity contribution >= 4 is 40.4 Å². The van der Waals surface area contributed by atoms with E-state index in [1.807, 2.05) is 29.6 Å². The first kappa shape index (κ1) is 15.5. The van der Waals surface area contributed by atoms with E-state index in [9.17, 15) is 4.79 Å². The Bertz CT molecular complexity index is 771. The van der Waals surface area contributed by atoms with Crippen LogP contribution in [0.1, 0.15) is 15.2 Å². The number of rotatable bonds is 5. The zero-order chi connectivity index (χ0) is 16.1. The third kappa shape index (κ3) is 4.31. The number of aromatic nitrogens is 1. The number of benzene rings is 1. The summed E-state index contributed by atoms with van der Waals surface area (Å²) in [5.41, 5.74) is 1.42. The van der Waals surface area contributed by atoms with Gasteiger partial charge >= 0.3 is 0 Å². The van der Waals surface area contributed by atoms with Gasteiger partial charge in [-0.15, -0.1) is 11.3 Å². The molecule has 0 aliphatic heterocycles. The molecule has 0 fully saturated rings. The molecule has 23 heavy (non-hydrogen) atoms. The Balaban J connectivity index is 1.59. The van der Waals surface area contributed by atoms with Crippen LogP contribution in [0.4, 0.5) is 11.5 Å². The molecule has 6 heteroatoms. The smallest absolute Gasteiger partial charge is 0.253 e. The first-order valence-electron chi connectivity index (χ1n) is 7.00. The average molecular weight is 344 g/mol. The van der Waals surface area contributed by atoms with E-state index in [0.717, 1.165) is 10.6 Å². The number of thiophene rings is 1. The van der Waals surface area contributed by atoms with Gasteiger partial charge in [0.1, 0.15) is 5.82 Å². The Hall–Kier alpha value is -2.37. The number of halogens is 1. The highest BCUT2D eigenvalue weighted by Gasteiger charge is 2.06. The number of hydrogen-bond donors (Lipinski definition) is 2. The minimum Gasteiger partial charge on any atom is -0.347 e. The second-order valence-corrected chi connectivity index (χ2v) is 6.29. The lowest BCUT2D eigenvalue weighted by Crippen LogP contribution is -2.22. The number of nitrogens with one attached hydrogen (secondary N) is 2. The van der Waals surface area contributed by atoms with E-state index in [2.05, 4.69) is 15.6 Å². The molecule has 1 amide bonds. The van der Waals surface area contributed by atoms with Crippen LogP contribution in [0.5, 0.6) is 0 Å². The largest absolute Gasteiger partial charge is 0.347 e. The van der Waals surface area contributed by atoms with Crippen LogP contribution in [0.15, 0.2) is 60.1 Å². The van der Waals surface area contributed by atoms with Crippen molar-refractivity contribution < 1.29 is 4.79 Å². The van der Waals surface area contributed by atoms with Crippen LogP contribution >= 0.6 is 22.9 Å². The third-order valence-corrected chi connectivity index (χ3v) is 4.27. The second-order valence-electron chi connectivity index (χ2n) is 4.83. The number of hydrogen-bond acceptors (Lipinski definition) is 4. The molecule has 0 spiro atoms. The topological polar surface area (TPSA) is 54.0 Å². The van der Waals surface area contributed by atoms with Crippen LogP contribution in [0.2, 0.25) is 5.02 Å². The van der Waals surface area contributed by atoms with Gasteiger partial charge in [-0.1, -0.05) is 17.7 Å². The van der Waals surface area contributed by atoms with E-state index in [0.29, 0.717) is 22.9 Å².